The molecule has 0 aliphatic carbocycles. The van der Waals surface area contributed by atoms with Gasteiger partial charge in [0.25, 0.3) is 0 Å². The van der Waals surface area contributed by atoms with Crippen LogP contribution in [0.1, 0.15) is 0 Å². The molecule has 0 rings (SSSR count). The van der Waals surface area contributed by atoms with Crippen molar-refractivity contribution >= 4 is 6.09 Å². The quantitative estimate of drug-likeness (QED) is 0.328. The van der Waals surface area contributed by atoms with Gasteiger partial charge in [-0.2, -0.15) is 0 Å². The van der Waals surface area contributed by atoms with Crippen molar-refractivity contribution in [2.45, 2.75) is 5.54 Å². The van der Waals surface area contributed by atoms with Crippen molar-refractivity contribution in [3.63, 3.8) is 0 Å². The molecular formula is C7H15NO6. The van der Waals surface area contributed by atoms with Crippen molar-refractivity contribution < 1.29 is 30.0 Å². The van der Waals surface area contributed by atoms with Gasteiger partial charge in [0.1, 0.15) is 12.1 Å². The second-order valence-corrected chi connectivity index (χ2v) is 2.74. The van der Waals surface area contributed by atoms with Crippen LogP contribution in [-0.2, 0) is 4.74 Å². The van der Waals surface area contributed by atoms with Crippen LogP contribution in [0.25, 0.3) is 0 Å². The SMILES string of the molecule is O=C(NC(CO)(CO)CO)OCCO. The Hall–Kier alpha value is -0.890. The maximum absolute atomic E-state index is 10.9. The first kappa shape index (κ1) is 13.1. The summed E-state index contributed by atoms with van der Waals surface area (Å²) in [5.41, 5.74) is -1.49. The summed E-state index contributed by atoms with van der Waals surface area (Å²) >= 11 is 0. The monoisotopic (exact) mass is 209 g/mol. The minimum Gasteiger partial charge on any atom is -0.447 e. The largest absolute Gasteiger partial charge is 0.447 e. The standard InChI is InChI=1S/C7H15NO6/c9-1-2-14-6(13)8-7(3-10,4-11)5-12/h9-12H,1-5H2,(H,8,13). The molecule has 0 atom stereocenters. The molecule has 0 aliphatic rings. The summed E-state index contributed by atoms with van der Waals surface area (Å²) in [4.78, 5) is 10.9. The lowest BCUT2D eigenvalue weighted by atomic mass is 10.0. The molecule has 0 heterocycles. The van der Waals surface area contributed by atoms with Crippen LogP contribution >= 0.6 is 0 Å². The van der Waals surface area contributed by atoms with Crippen LogP contribution in [0.2, 0.25) is 0 Å². The molecule has 0 aromatic carbocycles. The molecule has 0 radical (unpaired) electrons. The van der Waals surface area contributed by atoms with E-state index in [9.17, 15) is 4.79 Å². The minimum atomic E-state index is -1.49. The number of aliphatic hydroxyl groups is 4. The van der Waals surface area contributed by atoms with Crippen molar-refractivity contribution in [1.29, 1.82) is 0 Å². The second kappa shape index (κ2) is 6.55. The third-order valence-electron chi connectivity index (χ3n) is 1.60. The fourth-order valence-electron chi connectivity index (χ4n) is 0.660. The molecular weight excluding hydrogens is 194 g/mol. The van der Waals surface area contributed by atoms with Crippen molar-refractivity contribution in [1.82, 2.24) is 5.32 Å². The van der Waals surface area contributed by atoms with Gasteiger partial charge in [-0.15, -0.1) is 0 Å². The zero-order valence-electron chi connectivity index (χ0n) is 7.64. The van der Waals surface area contributed by atoms with E-state index in [1.54, 1.807) is 0 Å². The van der Waals surface area contributed by atoms with Gasteiger partial charge in [0.2, 0.25) is 0 Å². The molecule has 14 heavy (non-hydrogen) atoms. The average molecular weight is 209 g/mol. The third-order valence-corrected chi connectivity index (χ3v) is 1.60. The summed E-state index contributed by atoms with van der Waals surface area (Å²) in [7, 11) is 0. The molecule has 0 aliphatic heterocycles. The van der Waals surface area contributed by atoms with E-state index >= 15 is 0 Å². The summed E-state index contributed by atoms with van der Waals surface area (Å²) in [6.07, 6.45) is -0.920. The summed E-state index contributed by atoms with van der Waals surface area (Å²) in [5.74, 6) is 0. The zero-order valence-corrected chi connectivity index (χ0v) is 7.64. The van der Waals surface area contributed by atoms with Crippen molar-refractivity contribution in [2.75, 3.05) is 33.0 Å². The normalized spacial score (nSPS) is 11.1. The highest BCUT2D eigenvalue weighted by atomic mass is 16.6. The Bertz CT molecular complexity index is 161. The summed E-state index contributed by atoms with van der Waals surface area (Å²) in [5, 5.41) is 36.9. The van der Waals surface area contributed by atoms with E-state index in [1.165, 1.54) is 0 Å². The van der Waals surface area contributed by atoms with E-state index in [1.807, 2.05) is 0 Å². The van der Waals surface area contributed by atoms with Gasteiger partial charge < -0.3 is 30.5 Å². The van der Waals surface area contributed by atoms with Gasteiger partial charge in [-0.05, 0) is 0 Å². The molecule has 7 nitrogen and oxygen atoms in total. The number of nitrogens with one attached hydrogen (secondary N) is 1. The smallest absolute Gasteiger partial charge is 0.407 e. The van der Waals surface area contributed by atoms with E-state index in [4.69, 9.17) is 20.4 Å². The van der Waals surface area contributed by atoms with Crippen molar-refractivity contribution in [2.24, 2.45) is 0 Å². The Balaban J connectivity index is 4.08. The molecule has 5 N–H and O–H groups in total. The van der Waals surface area contributed by atoms with Gasteiger partial charge >= 0.3 is 6.09 Å². The molecule has 0 aromatic heterocycles. The average Bonchev–Trinajstić information content (AvgIpc) is 2.23. The lowest BCUT2D eigenvalue weighted by Crippen LogP contribution is -2.57. The Morgan fingerprint density at radius 2 is 1.64 bits per heavy atom. The van der Waals surface area contributed by atoms with Gasteiger partial charge in [-0.25, -0.2) is 4.79 Å². The van der Waals surface area contributed by atoms with Gasteiger partial charge in [-0.1, -0.05) is 0 Å². The molecule has 84 valence electrons. The van der Waals surface area contributed by atoms with Crippen LogP contribution in [0.3, 0.4) is 0 Å². The molecule has 0 aromatic rings. The number of alkyl carbamates (subject to hydrolysis) is 1. The number of rotatable bonds is 6. The van der Waals surface area contributed by atoms with Crippen LogP contribution in [0, 0.1) is 0 Å². The first-order valence-corrected chi connectivity index (χ1v) is 4.02. The predicted octanol–water partition coefficient (Wildman–Crippen LogP) is -2.58. The van der Waals surface area contributed by atoms with Crippen LogP contribution < -0.4 is 5.32 Å². The van der Waals surface area contributed by atoms with Gasteiger partial charge in [-0.3, -0.25) is 0 Å². The third kappa shape index (κ3) is 3.88. The number of hydrogen-bond acceptors (Lipinski definition) is 6. The number of aliphatic hydroxyl groups excluding tert-OH is 4. The number of amides is 1. The fourth-order valence-corrected chi connectivity index (χ4v) is 0.660. The van der Waals surface area contributed by atoms with E-state index in [2.05, 4.69) is 10.1 Å². The summed E-state index contributed by atoms with van der Waals surface area (Å²) < 4.78 is 4.42. The number of ether oxygens (including phenoxy) is 1. The molecule has 1 amide bonds. The fraction of sp³-hybridized carbons (Fsp3) is 0.857. The maximum atomic E-state index is 10.9. The molecule has 0 fully saturated rings. The molecule has 7 heteroatoms. The minimum absolute atomic E-state index is 0.190. The zero-order chi connectivity index (χ0) is 11.0. The summed E-state index contributed by atoms with van der Waals surface area (Å²) in [6.45, 7) is -2.36. The van der Waals surface area contributed by atoms with Gasteiger partial charge in [0, 0.05) is 0 Å². The molecule has 0 unspecified atom stereocenters. The first-order chi connectivity index (χ1) is 6.64. The lowest BCUT2D eigenvalue weighted by Gasteiger charge is -2.27. The Kier molecular flexibility index (Phi) is 6.13. The molecule has 0 saturated carbocycles. The Morgan fingerprint density at radius 1 is 1.14 bits per heavy atom. The second-order valence-electron chi connectivity index (χ2n) is 2.74. The molecule has 0 spiro atoms. The number of carbonyl (C=O) groups excluding carboxylic acids is 1. The number of carbonyl (C=O) groups is 1. The lowest BCUT2D eigenvalue weighted by molar-refractivity contribution is 0.0343. The molecule has 0 bridgehead atoms. The highest BCUT2D eigenvalue weighted by molar-refractivity contribution is 5.68. The Labute approximate surface area is 80.9 Å². The van der Waals surface area contributed by atoms with E-state index in [0.717, 1.165) is 0 Å². The van der Waals surface area contributed by atoms with Crippen LogP contribution in [0.5, 0.6) is 0 Å². The maximum Gasteiger partial charge on any atom is 0.407 e. The van der Waals surface area contributed by atoms with E-state index in [-0.39, 0.29) is 13.2 Å². The van der Waals surface area contributed by atoms with Crippen LogP contribution in [-0.4, -0.2) is 65.1 Å². The molecule has 0 saturated heterocycles. The Morgan fingerprint density at radius 3 is 2.00 bits per heavy atom. The number of hydrogen-bond donors (Lipinski definition) is 5. The van der Waals surface area contributed by atoms with Gasteiger partial charge in [0.05, 0.1) is 26.4 Å². The van der Waals surface area contributed by atoms with Crippen molar-refractivity contribution in [3.05, 3.63) is 0 Å². The van der Waals surface area contributed by atoms with Gasteiger partial charge in [0.15, 0.2) is 0 Å². The topological polar surface area (TPSA) is 119 Å². The highest BCUT2D eigenvalue weighted by Crippen LogP contribution is 2.01. The summed E-state index contributed by atoms with van der Waals surface area (Å²) in [6, 6.07) is 0. The highest BCUT2D eigenvalue weighted by Gasteiger charge is 2.30. The van der Waals surface area contributed by atoms with Crippen LogP contribution in [0.15, 0.2) is 0 Å². The predicted molar refractivity (Wildman–Crippen MR) is 45.6 cm³/mol. The van der Waals surface area contributed by atoms with Crippen LogP contribution in [0.4, 0.5) is 4.79 Å². The first-order valence-electron chi connectivity index (χ1n) is 4.02. The van der Waals surface area contributed by atoms with E-state index < -0.39 is 31.5 Å². The van der Waals surface area contributed by atoms with E-state index in [0.29, 0.717) is 0 Å². The van der Waals surface area contributed by atoms with Crippen molar-refractivity contribution in [3.8, 4) is 0 Å².